The maximum Gasteiger partial charge on any atom is 0.329 e. The number of methoxy groups -OCH3 is 2. The number of benzene rings is 2. The second-order valence-corrected chi connectivity index (χ2v) is 9.47. The highest BCUT2D eigenvalue weighted by Gasteiger charge is 2.36. The molecule has 0 aromatic heterocycles. The van der Waals surface area contributed by atoms with Gasteiger partial charge < -0.3 is 9.47 Å². The number of carbonyl (C=O) groups is 2. The highest BCUT2D eigenvalue weighted by Crippen LogP contribution is 2.39. The molecule has 1 aliphatic rings. The molecule has 0 saturated heterocycles. The molecule has 160 valence electrons. The molecule has 0 fully saturated rings. The first-order chi connectivity index (χ1) is 14.2. The van der Waals surface area contributed by atoms with Gasteiger partial charge in [0, 0.05) is 11.3 Å². The number of sulfonamides is 1. The van der Waals surface area contributed by atoms with Crippen LogP contribution in [0.3, 0.4) is 0 Å². The van der Waals surface area contributed by atoms with E-state index in [1.165, 1.54) is 23.8 Å². The highest BCUT2D eigenvalue weighted by atomic mass is 32.2. The third-order valence-electron chi connectivity index (χ3n) is 4.51. The summed E-state index contributed by atoms with van der Waals surface area (Å²) >= 11 is 1.34. The van der Waals surface area contributed by atoms with Crippen molar-refractivity contribution in [3.63, 3.8) is 0 Å². The Balaban J connectivity index is 2.01. The minimum Gasteiger partial charge on any atom is -0.497 e. The molecule has 10 heteroatoms. The molecule has 0 saturated carbocycles. The number of nitrogens with one attached hydrogen (secondary N) is 1. The Morgan fingerprint density at radius 3 is 2.50 bits per heavy atom. The molecular weight excluding hydrogens is 428 g/mol. The Morgan fingerprint density at radius 1 is 1.20 bits per heavy atom. The highest BCUT2D eigenvalue weighted by molar-refractivity contribution is 8.00. The van der Waals surface area contributed by atoms with Crippen LogP contribution in [0.5, 0.6) is 5.75 Å². The van der Waals surface area contributed by atoms with Crippen LogP contribution < -0.4 is 14.4 Å². The lowest BCUT2D eigenvalue weighted by atomic mass is 10.0. The lowest BCUT2D eigenvalue weighted by Crippen LogP contribution is -2.49. The van der Waals surface area contributed by atoms with Gasteiger partial charge in [-0.1, -0.05) is 12.1 Å². The summed E-state index contributed by atoms with van der Waals surface area (Å²) in [7, 11) is -0.657. The molecule has 2 aromatic carbocycles. The summed E-state index contributed by atoms with van der Waals surface area (Å²) < 4.78 is 35.8. The molecule has 0 radical (unpaired) electrons. The average molecular weight is 451 g/mol. The van der Waals surface area contributed by atoms with Crippen LogP contribution in [0, 0.1) is 0 Å². The van der Waals surface area contributed by atoms with Crippen molar-refractivity contribution in [2.24, 2.45) is 0 Å². The number of hydrogen-bond donors (Lipinski definition) is 1. The zero-order chi connectivity index (χ0) is 21.9. The molecule has 30 heavy (non-hydrogen) atoms. The number of ether oxygens (including phenoxy) is 2. The maximum absolute atomic E-state index is 12.8. The van der Waals surface area contributed by atoms with E-state index < -0.39 is 22.0 Å². The fraction of sp³-hybridized carbons (Fsp3) is 0.300. The van der Waals surface area contributed by atoms with E-state index in [-0.39, 0.29) is 18.1 Å². The minimum absolute atomic E-state index is 0.169. The Labute approximate surface area is 179 Å². The first-order valence-electron chi connectivity index (χ1n) is 8.99. The monoisotopic (exact) mass is 450 g/mol. The Morgan fingerprint density at radius 2 is 1.90 bits per heavy atom. The normalized spacial score (nSPS) is 14.6. The molecule has 1 unspecified atom stereocenters. The number of amides is 1. The summed E-state index contributed by atoms with van der Waals surface area (Å²) in [6.45, 7) is 0. The van der Waals surface area contributed by atoms with Gasteiger partial charge in [-0.2, -0.15) is 0 Å². The van der Waals surface area contributed by atoms with E-state index in [1.807, 2.05) is 12.1 Å². The van der Waals surface area contributed by atoms with Gasteiger partial charge in [-0.3, -0.25) is 14.4 Å². The number of hydrogen-bond acceptors (Lipinski definition) is 7. The first-order valence-corrected chi connectivity index (χ1v) is 11.9. The molecule has 0 spiro atoms. The third kappa shape index (κ3) is 5.06. The van der Waals surface area contributed by atoms with E-state index in [4.69, 9.17) is 9.47 Å². The largest absolute Gasteiger partial charge is 0.497 e. The van der Waals surface area contributed by atoms with Crippen molar-refractivity contribution in [1.82, 2.24) is 0 Å². The van der Waals surface area contributed by atoms with Crippen LogP contribution in [0.1, 0.15) is 5.56 Å². The summed E-state index contributed by atoms with van der Waals surface area (Å²) in [5.41, 5.74) is 1.60. The zero-order valence-electron chi connectivity index (χ0n) is 16.7. The molecule has 0 bridgehead atoms. The molecule has 0 aliphatic carbocycles. The maximum atomic E-state index is 12.8. The molecule has 1 heterocycles. The summed E-state index contributed by atoms with van der Waals surface area (Å²) in [5, 5.41) is 0. The second-order valence-electron chi connectivity index (χ2n) is 6.70. The minimum atomic E-state index is -3.49. The predicted molar refractivity (Wildman–Crippen MR) is 116 cm³/mol. The Bertz CT molecular complexity index is 1050. The van der Waals surface area contributed by atoms with Crippen LogP contribution in [-0.2, 0) is 30.8 Å². The van der Waals surface area contributed by atoms with Gasteiger partial charge in [0.15, 0.2) is 0 Å². The number of esters is 1. The van der Waals surface area contributed by atoms with Gasteiger partial charge in [0.05, 0.1) is 37.6 Å². The molecule has 3 rings (SSSR count). The average Bonchev–Trinajstić information content (AvgIpc) is 2.71. The van der Waals surface area contributed by atoms with Crippen LogP contribution in [0.25, 0.3) is 0 Å². The van der Waals surface area contributed by atoms with E-state index in [1.54, 1.807) is 37.4 Å². The number of nitrogens with zero attached hydrogens (tertiary/aromatic N) is 1. The van der Waals surface area contributed by atoms with Gasteiger partial charge in [-0.25, -0.2) is 13.2 Å². The van der Waals surface area contributed by atoms with Crippen molar-refractivity contribution in [2.45, 2.75) is 17.4 Å². The van der Waals surface area contributed by atoms with Crippen molar-refractivity contribution in [3.8, 4) is 5.75 Å². The van der Waals surface area contributed by atoms with Crippen LogP contribution in [0.2, 0.25) is 0 Å². The van der Waals surface area contributed by atoms with E-state index in [0.717, 1.165) is 16.7 Å². The van der Waals surface area contributed by atoms with Crippen molar-refractivity contribution in [3.05, 3.63) is 48.0 Å². The molecule has 1 atom stereocenters. The topological polar surface area (TPSA) is 102 Å². The second kappa shape index (κ2) is 8.97. The summed E-state index contributed by atoms with van der Waals surface area (Å²) in [6.07, 6.45) is 1.28. The van der Waals surface area contributed by atoms with Gasteiger partial charge in [-0.15, -0.1) is 11.8 Å². The van der Waals surface area contributed by atoms with Crippen molar-refractivity contribution < 1.29 is 27.5 Å². The van der Waals surface area contributed by atoms with Gasteiger partial charge >= 0.3 is 5.97 Å². The number of carbonyl (C=O) groups excluding carboxylic acids is 2. The Hall–Kier alpha value is -2.72. The van der Waals surface area contributed by atoms with E-state index >= 15 is 0 Å². The third-order valence-corrected chi connectivity index (χ3v) is 6.17. The standard InChI is InChI=1S/C20H22N2O6S2/c1-27-15-7-4-13(5-8-15)10-17(20(24)28-2)22-16-11-14(21-30(3,25)26)6-9-18(16)29-12-19(22)23/h4-9,11,17,21H,10,12H2,1-3H3. The van der Waals surface area contributed by atoms with Gasteiger partial charge in [0.2, 0.25) is 15.9 Å². The summed E-state index contributed by atoms with van der Waals surface area (Å²) in [5.74, 6) is 0.0363. The SMILES string of the molecule is COC(=O)C(Cc1ccc(OC)cc1)N1C(=O)CSc2ccc(NS(C)(=O)=O)cc21. The number of fused-ring (bicyclic) bond motifs is 1. The number of thioether (sulfide) groups is 1. The van der Waals surface area contributed by atoms with E-state index in [0.29, 0.717) is 17.1 Å². The quantitative estimate of drug-likeness (QED) is 0.646. The smallest absolute Gasteiger partial charge is 0.329 e. The van der Waals surface area contributed by atoms with Gasteiger partial charge in [0.1, 0.15) is 11.8 Å². The first kappa shape index (κ1) is 22.0. The summed E-state index contributed by atoms with van der Waals surface area (Å²) in [6, 6.07) is 11.2. The van der Waals surface area contributed by atoms with Gasteiger partial charge in [0.25, 0.3) is 0 Å². The molecule has 1 aliphatic heterocycles. The molecule has 8 nitrogen and oxygen atoms in total. The van der Waals surface area contributed by atoms with E-state index in [2.05, 4.69) is 4.72 Å². The van der Waals surface area contributed by atoms with Crippen molar-refractivity contribution in [1.29, 1.82) is 0 Å². The molecular formula is C20H22N2O6S2. The van der Waals surface area contributed by atoms with Crippen LogP contribution in [-0.4, -0.2) is 52.6 Å². The lowest BCUT2D eigenvalue weighted by Gasteiger charge is -2.34. The Kier molecular flexibility index (Phi) is 6.57. The van der Waals surface area contributed by atoms with E-state index in [9.17, 15) is 18.0 Å². The fourth-order valence-electron chi connectivity index (χ4n) is 3.19. The van der Waals surface area contributed by atoms with Crippen LogP contribution in [0.15, 0.2) is 47.4 Å². The fourth-order valence-corrected chi connectivity index (χ4v) is 4.63. The van der Waals surface area contributed by atoms with Crippen molar-refractivity contribution in [2.75, 3.05) is 35.9 Å². The van der Waals surface area contributed by atoms with Crippen LogP contribution >= 0.6 is 11.8 Å². The van der Waals surface area contributed by atoms with Crippen LogP contribution in [0.4, 0.5) is 11.4 Å². The molecule has 1 N–H and O–H groups in total. The van der Waals surface area contributed by atoms with Crippen molar-refractivity contribution >= 4 is 45.0 Å². The number of rotatable bonds is 7. The predicted octanol–water partition coefficient (Wildman–Crippen LogP) is 2.29. The molecule has 2 aromatic rings. The molecule has 1 amide bonds. The number of anilines is 2. The lowest BCUT2D eigenvalue weighted by molar-refractivity contribution is -0.143. The van der Waals surface area contributed by atoms with Gasteiger partial charge in [-0.05, 0) is 35.9 Å². The summed E-state index contributed by atoms with van der Waals surface area (Å²) in [4.78, 5) is 27.7. The zero-order valence-corrected chi connectivity index (χ0v) is 18.4.